The normalized spacial score (nSPS) is 15.0. The first-order valence-electron chi connectivity index (χ1n) is 9.05. The smallest absolute Gasteiger partial charge is 0.294 e. The van der Waals surface area contributed by atoms with Gasteiger partial charge in [-0.15, -0.1) is 0 Å². The molecule has 7 nitrogen and oxygen atoms in total. The fourth-order valence-corrected chi connectivity index (χ4v) is 4.01. The predicted molar refractivity (Wildman–Crippen MR) is 119 cm³/mol. The van der Waals surface area contributed by atoms with Crippen LogP contribution in [0.15, 0.2) is 45.8 Å². The molecule has 156 valence electrons. The van der Waals surface area contributed by atoms with Crippen molar-refractivity contribution in [2.75, 3.05) is 18.5 Å². The number of imide groups is 1. The Labute approximate surface area is 186 Å². The molecule has 2 N–H and O–H groups in total. The monoisotopic (exact) mass is 490 g/mol. The molecule has 1 heterocycles. The Hall–Kier alpha value is -2.78. The van der Waals surface area contributed by atoms with Crippen LogP contribution in [-0.4, -0.2) is 40.2 Å². The molecule has 0 aromatic heterocycles. The van der Waals surface area contributed by atoms with Crippen LogP contribution in [0.25, 0.3) is 6.08 Å². The average molecular weight is 491 g/mol. The number of nitrogens with zero attached hydrogens (tertiary/aromatic N) is 1. The lowest BCUT2D eigenvalue weighted by Gasteiger charge is -2.12. The first kappa shape index (κ1) is 21.9. The van der Waals surface area contributed by atoms with Crippen molar-refractivity contribution in [1.29, 1.82) is 0 Å². The topological polar surface area (TPSA) is 95.9 Å². The molecule has 1 fully saturated rings. The number of amides is 3. The first-order chi connectivity index (χ1) is 14.3. The van der Waals surface area contributed by atoms with E-state index in [1.165, 1.54) is 6.08 Å². The second-order valence-electron chi connectivity index (χ2n) is 6.46. The van der Waals surface area contributed by atoms with E-state index in [9.17, 15) is 19.5 Å². The van der Waals surface area contributed by atoms with Gasteiger partial charge in [0.05, 0.1) is 16.0 Å². The number of thioether (sulfide) groups is 1. The van der Waals surface area contributed by atoms with Crippen molar-refractivity contribution in [1.82, 2.24) is 4.90 Å². The predicted octanol–water partition coefficient (Wildman–Crippen LogP) is 4.54. The molecule has 0 radical (unpaired) electrons. The van der Waals surface area contributed by atoms with Crippen LogP contribution in [0.4, 0.5) is 10.5 Å². The van der Waals surface area contributed by atoms with Crippen molar-refractivity contribution in [2.45, 2.75) is 13.8 Å². The standard InChI is InChI=1S/C21H19BrN2O5S/c1-3-29-16-9-13(8-15(22)19(16)26)10-17-20(27)24(21(28)30-17)11-18(25)23-14-6-4-12(2)5-7-14/h4-10,26H,3,11H2,1-2H3,(H,23,25)/b17-10+. The summed E-state index contributed by atoms with van der Waals surface area (Å²) in [5, 5.41) is 12.2. The molecule has 2 aromatic rings. The van der Waals surface area contributed by atoms with Gasteiger partial charge in [0.25, 0.3) is 11.1 Å². The van der Waals surface area contributed by atoms with E-state index >= 15 is 0 Å². The molecule has 0 bridgehead atoms. The van der Waals surface area contributed by atoms with E-state index in [0.29, 0.717) is 22.3 Å². The highest BCUT2D eigenvalue weighted by molar-refractivity contribution is 9.10. The number of aryl methyl sites for hydroxylation is 1. The second kappa shape index (κ2) is 9.36. The number of hydrogen-bond acceptors (Lipinski definition) is 6. The maximum absolute atomic E-state index is 12.7. The lowest BCUT2D eigenvalue weighted by Crippen LogP contribution is -2.36. The summed E-state index contributed by atoms with van der Waals surface area (Å²) in [4.78, 5) is 38.3. The number of anilines is 1. The van der Waals surface area contributed by atoms with E-state index in [2.05, 4.69) is 21.2 Å². The third kappa shape index (κ3) is 5.03. The maximum atomic E-state index is 12.7. The van der Waals surface area contributed by atoms with Crippen molar-refractivity contribution in [3.05, 3.63) is 56.9 Å². The first-order valence-corrected chi connectivity index (χ1v) is 10.7. The van der Waals surface area contributed by atoms with Gasteiger partial charge in [-0.3, -0.25) is 19.3 Å². The third-order valence-electron chi connectivity index (χ3n) is 4.16. The molecule has 3 rings (SSSR count). The summed E-state index contributed by atoms with van der Waals surface area (Å²) in [6, 6.07) is 10.4. The number of rotatable bonds is 6. The summed E-state index contributed by atoms with van der Waals surface area (Å²) >= 11 is 4.00. The molecular weight excluding hydrogens is 472 g/mol. The molecule has 0 aliphatic carbocycles. The maximum Gasteiger partial charge on any atom is 0.294 e. The minimum atomic E-state index is -0.550. The van der Waals surface area contributed by atoms with Gasteiger partial charge in [0.2, 0.25) is 5.91 Å². The molecule has 2 aromatic carbocycles. The van der Waals surface area contributed by atoms with E-state index in [1.54, 1.807) is 31.2 Å². The van der Waals surface area contributed by atoms with Crippen LogP contribution in [-0.2, 0) is 9.59 Å². The third-order valence-corrected chi connectivity index (χ3v) is 5.67. The van der Waals surface area contributed by atoms with Crippen LogP contribution in [0, 0.1) is 6.92 Å². The highest BCUT2D eigenvalue weighted by atomic mass is 79.9. The van der Waals surface area contributed by atoms with Crippen molar-refractivity contribution in [3.63, 3.8) is 0 Å². The van der Waals surface area contributed by atoms with Gasteiger partial charge in [0.1, 0.15) is 6.54 Å². The number of aromatic hydroxyl groups is 1. The van der Waals surface area contributed by atoms with Gasteiger partial charge in [-0.25, -0.2) is 0 Å². The number of benzene rings is 2. The molecule has 1 aliphatic heterocycles. The summed E-state index contributed by atoms with van der Waals surface area (Å²) in [5.41, 5.74) is 2.21. The zero-order valence-corrected chi connectivity index (χ0v) is 18.7. The molecule has 3 amide bonds. The summed E-state index contributed by atoms with van der Waals surface area (Å²) < 4.78 is 5.78. The van der Waals surface area contributed by atoms with E-state index in [1.807, 2.05) is 19.1 Å². The Morgan fingerprint density at radius 3 is 2.63 bits per heavy atom. The van der Waals surface area contributed by atoms with E-state index in [-0.39, 0.29) is 22.9 Å². The quantitative estimate of drug-likeness (QED) is 0.577. The molecule has 9 heteroatoms. The molecule has 0 spiro atoms. The number of halogens is 1. The van der Waals surface area contributed by atoms with E-state index in [0.717, 1.165) is 22.2 Å². The number of phenolic OH excluding ortho intramolecular Hbond substituents is 1. The zero-order valence-electron chi connectivity index (χ0n) is 16.3. The molecule has 0 saturated carbocycles. The molecule has 30 heavy (non-hydrogen) atoms. The highest BCUT2D eigenvalue weighted by Crippen LogP contribution is 2.38. The molecule has 1 aliphatic rings. The number of phenols is 1. The Balaban J connectivity index is 1.74. The van der Waals surface area contributed by atoms with Crippen molar-refractivity contribution >= 4 is 56.5 Å². The second-order valence-corrected chi connectivity index (χ2v) is 8.31. The van der Waals surface area contributed by atoms with Crippen LogP contribution < -0.4 is 10.1 Å². The Morgan fingerprint density at radius 1 is 1.27 bits per heavy atom. The fraction of sp³-hybridized carbons (Fsp3) is 0.190. The molecule has 0 atom stereocenters. The van der Waals surface area contributed by atoms with Crippen molar-refractivity contribution in [2.24, 2.45) is 0 Å². The average Bonchev–Trinajstić information content (AvgIpc) is 2.95. The largest absolute Gasteiger partial charge is 0.503 e. The van der Waals surface area contributed by atoms with Gasteiger partial charge >= 0.3 is 0 Å². The van der Waals surface area contributed by atoms with Gasteiger partial charge < -0.3 is 15.2 Å². The lowest BCUT2D eigenvalue weighted by molar-refractivity contribution is -0.127. The summed E-state index contributed by atoms with van der Waals surface area (Å²) in [5.74, 6) is -0.802. The van der Waals surface area contributed by atoms with Gasteiger partial charge in [-0.05, 0) is 77.4 Å². The fourth-order valence-electron chi connectivity index (χ4n) is 2.71. The van der Waals surface area contributed by atoms with Crippen molar-refractivity contribution < 1.29 is 24.2 Å². The van der Waals surface area contributed by atoms with Crippen LogP contribution >= 0.6 is 27.7 Å². The summed E-state index contributed by atoms with van der Waals surface area (Å²) in [6.07, 6.45) is 1.52. The summed E-state index contributed by atoms with van der Waals surface area (Å²) in [6.45, 7) is 3.70. The number of nitrogens with one attached hydrogen (secondary N) is 1. The van der Waals surface area contributed by atoms with E-state index < -0.39 is 17.1 Å². The van der Waals surface area contributed by atoms with Crippen LogP contribution in [0.3, 0.4) is 0 Å². The number of ether oxygens (including phenoxy) is 1. The van der Waals surface area contributed by atoms with Gasteiger partial charge in [-0.1, -0.05) is 17.7 Å². The number of carbonyl (C=O) groups is 3. The zero-order chi connectivity index (χ0) is 21.8. The van der Waals surface area contributed by atoms with Gasteiger partial charge in [-0.2, -0.15) is 0 Å². The van der Waals surface area contributed by atoms with E-state index in [4.69, 9.17) is 4.74 Å². The van der Waals surface area contributed by atoms with Crippen LogP contribution in [0.5, 0.6) is 11.5 Å². The highest BCUT2D eigenvalue weighted by Gasteiger charge is 2.36. The van der Waals surface area contributed by atoms with Gasteiger partial charge in [0.15, 0.2) is 11.5 Å². The molecular formula is C21H19BrN2O5S. The summed E-state index contributed by atoms with van der Waals surface area (Å²) in [7, 11) is 0. The Kier molecular flexibility index (Phi) is 6.84. The minimum absolute atomic E-state index is 0.0464. The van der Waals surface area contributed by atoms with Crippen molar-refractivity contribution in [3.8, 4) is 11.5 Å². The minimum Gasteiger partial charge on any atom is -0.503 e. The van der Waals surface area contributed by atoms with Gasteiger partial charge in [0, 0.05) is 5.69 Å². The van der Waals surface area contributed by atoms with Crippen LogP contribution in [0.1, 0.15) is 18.1 Å². The molecule has 0 unspecified atom stereocenters. The Bertz CT molecular complexity index is 1040. The molecule has 1 saturated heterocycles. The number of hydrogen-bond donors (Lipinski definition) is 2. The SMILES string of the molecule is CCOc1cc(/C=C2/SC(=O)N(CC(=O)Nc3ccc(C)cc3)C2=O)cc(Br)c1O. The van der Waals surface area contributed by atoms with Crippen LogP contribution in [0.2, 0.25) is 0 Å². The lowest BCUT2D eigenvalue weighted by atomic mass is 10.2. The number of carbonyl (C=O) groups excluding carboxylic acids is 3. The Morgan fingerprint density at radius 2 is 1.97 bits per heavy atom.